The number of nitrogens with two attached hydrogens (primary N) is 1. The quantitative estimate of drug-likeness (QED) is 0.846. The van der Waals surface area contributed by atoms with Crippen LogP contribution in [0.25, 0.3) is 5.65 Å². The van der Waals surface area contributed by atoms with E-state index < -0.39 is 0 Å². The molecule has 2 N–H and O–H groups in total. The van der Waals surface area contributed by atoms with Gasteiger partial charge in [0, 0.05) is 6.20 Å². The molecule has 2 aromatic rings. The van der Waals surface area contributed by atoms with Crippen LogP contribution in [0, 0.1) is 0 Å². The van der Waals surface area contributed by atoms with Crippen molar-refractivity contribution < 1.29 is 0 Å². The van der Waals surface area contributed by atoms with Gasteiger partial charge in [0.15, 0.2) is 11.5 Å². The summed E-state index contributed by atoms with van der Waals surface area (Å²) in [6.45, 7) is 3.19. The topological polar surface area (TPSA) is 59.5 Å². The van der Waals surface area contributed by atoms with Gasteiger partial charge in [0.05, 0.1) is 12.2 Å². The van der Waals surface area contributed by atoms with Gasteiger partial charge in [0.25, 0.3) is 0 Å². The van der Waals surface area contributed by atoms with Gasteiger partial charge in [0.2, 0.25) is 0 Å². The van der Waals surface area contributed by atoms with Crippen LogP contribution in [0.5, 0.6) is 0 Å². The van der Waals surface area contributed by atoms with E-state index in [0.717, 1.165) is 31.1 Å². The van der Waals surface area contributed by atoms with E-state index in [1.54, 1.807) is 0 Å². The Morgan fingerprint density at radius 3 is 2.82 bits per heavy atom. The highest BCUT2D eigenvalue weighted by Crippen LogP contribution is 2.15. The molecule has 1 fully saturated rings. The molecule has 1 aliphatic heterocycles. The molecular weight excluding hydrogens is 214 g/mol. The van der Waals surface area contributed by atoms with Crippen molar-refractivity contribution in [2.24, 2.45) is 0 Å². The van der Waals surface area contributed by atoms with E-state index in [-0.39, 0.29) is 0 Å². The first-order chi connectivity index (χ1) is 8.34. The van der Waals surface area contributed by atoms with E-state index >= 15 is 0 Å². The molecule has 0 bridgehead atoms. The molecule has 0 aromatic carbocycles. The Bertz CT molecular complexity index is 513. The Hall–Kier alpha value is -1.62. The Morgan fingerprint density at radius 2 is 2.00 bits per heavy atom. The summed E-state index contributed by atoms with van der Waals surface area (Å²) < 4.78 is 1.99. The van der Waals surface area contributed by atoms with Crippen LogP contribution in [0.15, 0.2) is 18.3 Å². The number of anilines is 1. The lowest BCUT2D eigenvalue weighted by molar-refractivity contribution is 0.215. The van der Waals surface area contributed by atoms with Gasteiger partial charge in [-0.05, 0) is 38.1 Å². The van der Waals surface area contributed by atoms with Crippen molar-refractivity contribution in [3.05, 3.63) is 24.2 Å². The van der Waals surface area contributed by atoms with Crippen LogP contribution in [0.2, 0.25) is 0 Å². The molecule has 5 nitrogen and oxygen atoms in total. The van der Waals surface area contributed by atoms with Crippen molar-refractivity contribution in [1.82, 2.24) is 19.5 Å². The van der Waals surface area contributed by atoms with E-state index in [1.807, 2.05) is 22.7 Å². The van der Waals surface area contributed by atoms with E-state index in [2.05, 4.69) is 15.1 Å². The second-order valence-corrected chi connectivity index (χ2v) is 4.61. The van der Waals surface area contributed by atoms with Gasteiger partial charge >= 0.3 is 0 Å². The predicted molar refractivity (Wildman–Crippen MR) is 66.5 cm³/mol. The maximum absolute atomic E-state index is 5.87. The third-order valence-corrected chi connectivity index (χ3v) is 3.35. The molecule has 0 spiro atoms. The molecule has 0 unspecified atom stereocenters. The van der Waals surface area contributed by atoms with E-state index in [9.17, 15) is 0 Å². The van der Waals surface area contributed by atoms with Crippen molar-refractivity contribution in [3.63, 3.8) is 0 Å². The summed E-state index contributed by atoms with van der Waals surface area (Å²) in [4.78, 5) is 2.43. The van der Waals surface area contributed by atoms with Gasteiger partial charge in [0.1, 0.15) is 0 Å². The Kier molecular flexibility index (Phi) is 2.68. The smallest absolute Gasteiger partial charge is 0.184 e. The molecule has 0 saturated carbocycles. The number of likely N-dealkylation sites (tertiary alicyclic amines) is 1. The lowest BCUT2D eigenvalue weighted by atomic mass is 10.1. The molecule has 5 heteroatoms. The fourth-order valence-corrected chi connectivity index (χ4v) is 2.41. The van der Waals surface area contributed by atoms with Crippen molar-refractivity contribution in [3.8, 4) is 0 Å². The standard InChI is InChI=1S/C12H17N5/c13-10-5-4-8-17-11(14-15-12(10)17)9-16-6-2-1-3-7-16/h4-5,8H,1-3,6-7,9,13H2. The number of hydrogen-bond donors (Lipinski definition) is 1. The number of aromatic nitrogens is 3. The average Bonchev–Trinajstić information content (AvgIpc) is 2.76. The normalized spacial score (nSPS) is 17.6. The highest BCUT2D eigenvalue weighted by molar-refractivity contribution is 5.63. The summed E-state index contributed by atoms with van der Waals surface area (Å²) >= 11 is 0. The molecule has 1 aliphatic rings. The molecule has 2 aromatic heterocycles. The molecule has 17 heavy (non-hydrogen) atoms. The number of rotatable bonds is 2. The van der Waals surface area contributed by atoms with Crippen LogP contribution in [-0.4, -0.2) is 32.6 Å². The van der Waals surface area contributed by atoms with Crippen LogP contribution in [-0.2, 0) is 6.54 Å². The molecule has 0 aliphatic carbocycles. The number of pyridine rings is 1. The zero-order chi connectivity index (χ0) is 11.7. The van der Waals surface area contributed by atoms with Gasteiger partial charge in [-0.3, -0.25) is 9.30 Å². The molecule has 3 rings (SSSR count). The first-order valence-corrected chi connectivity index (χ1v) is 6.15. The van der Waals surface area contributed by atoms with Crippen LogP contribution < -0.4 is 5.73 Å². The fourth-order valence-electron chi connectivity index (χ4n) is 2.41. The average molecular weight is 231 g/mol. The highest BCUT2D eigenvalue weighted by atomic mass is 15.3. The molecule has 0 amide bonds. The fraction of sp³-hybridized carbons (Fsp3) is 0.500. The predicted octanol–water partition coefficient (Wildman–Crippen LogP) is 1.30. The largest absolute Gasteiger partial charge is 0.396 e. The van der Waals surface area contributed by atoms with Gasteiger partial charge in [-0.1, -0.05) is 6.42 Å². The summed E-state index contributed by atoms with van der Waals surface area (Å²) in [7, 11) is 0. The number of piperidine rings is 1. The second kappa shape index (κ2) is 4.33. The van der Waals surface area contributed by atoms with Crippen LogP contribution in [0.1, 0.15) is 25.1 Å². The van der Waals surface area contributed by atoms with Crippen LogP contribution in [0.3, 0.4) is 0 Å². The molecule has 90 valence electrons. The number of nitrogen functional groups attached to an aromatic ring is 1. The maximum atomic E-state index is 5.87. The summed E-state index contributed by atoms with van der Waals surface area (Å²) in [5.41, 5.74) is 7.31. The SMILES string of the molecule is Nc1cccn2c(CN3CCCCC3)nnc12. The van der Waals surface area contributed by atoms with Gasteiger partial charge in [-0.15, -0.1) is 10.2 Å². The molecule has 3 heterocycles. The van der Waals surface area contributed by atoms with E-state index in [4.69, 9.17) is 5.73 Å². The van der Waals surface area contributed by atoms with E-state index in [0.29, 0.717) is 5.69 Å². The lowest BCUT2D eigenvalue weighted by Gasteiger charge is -2.25. The van der Waals surface area contributed by atoms with Gasteiger partial charge in [-0.25, -0.2) is 0 Å². The van der Waals surface area contributed by atoms with Crippen molar-refractivity contribution in [1.29, 1.82) is 0 Å². The molecule has 0 radical (unpaired) electrons. The zero-order valence-electron chi connectivity index (χ0n) is 9.84. The Morgan fingerprint density at radius 1 is 1.18 bits per heavy atom. The Balaban J connectivity index is 1.87. The van der Waals surface area contributed by atoms with Crippen molar-refractivity contribution >= 4 is 11.3 Å². The summed E-state index contributed by atoms with van der Waals surface area (Å²) in [6, 6.07) is 3.79. The minimum atomic E-state index is 0.685. The summed E-state index contributed by atoms with van der Waals surface area (Å²) in [5, 5.41) is 8.39. The van der Waals surface area contributed by atoms with Crippen LogP contribution in [0.4, 0.5) is 5.69 Å². The summed E-state index contributed by atoms with van der Waals surface area (Å²) in [5.74, 6) is 0.981. The Labute approximate surface area is 100 Å². The van der Waals surface area contributed by atoms with Crippen molar-refractivity contribution in [2.75, 3.05) is 18.8 Å². The second-order valence-electron chi connectivity index (χ2n) is 4.61. The highest BCUT2D eigenvalue weighted by Gasteiger charge is 2.14. The number of nitrogens with zero attached hydrogens (tertiary/aromatic N) is 4. The minimum Gasteiger partial charge on any atom is -0.396 e. The molecule has 1 saturated heterocycles. The molecule has 0 atom stereocenters. The monoisotopic (exact) mass is 231 g/mol. The third-order valence-electron chi connectivity index (χ3n) is 3.35. The zero-order valence-corrected chi connectivity index (χ0v) is 9.84. The summed E-state index contributed by atoms with van der Waals surface area (Å²) in [6.07, 6.45) is 5.91. The minimum absolute atomic E-state index is 0.685. The first kappa shape index (κ1) is 10.5. The van der Waals surface area contributed by atoms with Crippen molar-refractivity contribution in [2.45, 2.75) is 25.8 Å². The maximum Gasteiger partial charge on any atom is 0.184 e. The first-order valence-electron chi connectivity index (χ1n) is 6.15. The van der Waals surface area contributed by atoms with Crippen LogP contribution >= 0.6 is 0 Å². The van der Waals surface area contributed by atoms with E-state index in [1.165, 1.54) is 19.3 Å². The number of fused-ring (bicyclic) bond motifs is 1. The molecular formula is C12H17N5. The third kappa shape index (κ3) is 1.98. The lowest BCUT2D eigenvalue weighted by Crippen LogP contribution is -2.29. The number of hydrogen-bond acceptors (Lipinski definition) is 4. The van der Waals surface area contributed by atoms with Gasteiger partial charge < -0.3 is 5.73 Å². The van der Waals surface area contributed by atoms with Gasteiger partial charge in [-0.2, -0.15) is 0 Å².